The third kappa shape index (κ3) is 11.7. The highest BCUT2D eigenvalue weighted by atomic mass is 16.7. The molecule has 0 heterocycles. The van der Waals surface area contributed by atoms with Crippen LogP contribution in [-0.4, -0.2) is 36.9 Å². The molecule has 2 aromatic rings. The van der Waals surface area contributed by atoms with E-state index in [4.69, 9.17) is 9.47 Å². The second kappa shape index (κ2) is 17.2. The van der Waals surface area contributed by atoms with Crippen molar-refractivity contribution in [2.24, 2.45) is 0 Å². The zero-order valence-electron chi connectivity index (χ0n) is 24.2. The summed E-state index contributed by atoms with van der Waals surface area (Å²) in [4.78, 5) is 13.5. The zero-order chi connectivity index (χ0) is 26.9. The summed E-state index contributed by atoms with van der Waals surface area (Å²) in [6.45, 7) is 7.26. The number of carbonyl (C=O) groups excluding carboxylic acids is 1. The summed E-state index contributed by atoms with van der Waals surface area (Å²) >= 11 is 0. The lowest BCUT2D eigenvalue weighted by Gasteiger charge is -2.37. The van der Waals surface area contributed by atoms with Crippen molar-refractivity contribution < 1.29 is 18.8 Å². The zero-order valence-corrected chi connectivity index (χ0v) is 24.2. The van der Waals surface area contributed by atoms with Gasteiger partial charge in [0.1, 0.15) is 12.3 Å². The van der Waals surface area contributed by atoms with Gasteiger partial charge in [-0.3, -0.25) is 0 Å². The van der Waals surface area contributed by atoms with Gasteiger partial charge in [0.05, 0.1) is 14.1 Å². The number of aryl methyl sites for hydroxylation is 1. The number of likely N-dealkylation sites (N-methyl/N-ethyl adjacent to an activating group) is 1. The van der Waals surface area contributed by atoms with Gasteiger partial charge >= 0.3 is 5.97 Å². The number of rotatable bonds is 19. The van der Waals surface area contributed by atoms with Crippen molar-refractivity contribution in [3.05, 3.63) is 65.7 Å². The Kier molecular flexibility index (Phi) is 14.4. The monoisotopic (exact) mass is 510 g/mol. The van der Waals surface area contributed by atoms with Crippen LogP contribution in [0.2, 0.25) is 0 Å². The van der Waals surface area contributed by atoms with E-state index in [1.54, 1.807) is 0 Å². The number of quaternary nitrogens is 1. The maximum atomic E-state index is 13.5. The molecule has 0 spiro atoms. The molecular formula is C33H52NO3+. The first-order valence-electron chi connectivity index (χ1n) is 14.7. The number of hydrogen-bond acceptors (Lipinski definition) is 3. The van der Waals surface area contributed by atoms with Gasteiger partial charge in [0, 0.05) is 18.4 Å². The first-order chi connectivity index (χ1) is 17.9. The minimum atomic E-state index is -0.567. The molecule has 37 heavy (non-hydrogen) atoms. The average Bonchev–Trinajstić information content (AvgIpc) is 2.87. The first kappa shape index (κ1) is 30.9. The molecule has 0 aliphatic heterocycles. The minimum Gasteiger partial charge on any atom is -0.455 e. The Morgan fingerprint density at radius 2 is 1.41 bits per heavy atom. The molecule has 2 atom stereocenters. The number of unbranched alkanes of at least 4 members (excludes halogenated alkanes) is 6. The molecule has 2 unspecified atom stereocenters. The van der Waals surface area contributed by atoms with Crippen molar-refractivity contribution in [2.45, 2.75) is 117 Å². The lowest BCUT2D eigenvalue weighted by Crippen LogP contribution is -2.53. The van der Waals surface area contributed by atoms with Gasteiger partial charge in [0.25, 0.3) is 0 Å². The van der Waals surface area contributed by atoms with Gasteiger partial charge in [0.2, 0.25) is 6.29 Å². The molecule has 0 aliphatic carbocycles. The first-order valence-corrected chi connectivity index (χ1v) is 14.7. The standard InChI is InChI=1S/C33H52NO3/c1-6-9-10-11-12-13-15-21-28-24-18-25-30(26-28)36-32(20-8-3)37-33(35)31(19-7-2)34(4,5)27-29-22-16-14-17-23-29/h14,16-18,22-26,31-32H,6-13,15,19-21,27H2,1-5H3/q+1. The van der Waals surface area contributed by atoms with Gasteiger partial charge < -0.3 is 14.0 Å². The predicted octanol–water partition coefficient (Wildman–Crippen LogP) is 8.47. The molecule has 206 valence electrons. The number of esters is 1. The summed E-state index contributed by atoms with van der Waals surface area (Å²) in [6, 6.07) is 18.4. The van der Waals surface area contributed by atoms with E-state index < -0.39 is 6.29 Å². The Morgan fingerprint density at radius 3 is 2.08 bits per heavy atom. The highest BCUT2D eigenvalue weighted by Crippen LogP contribution is 2.23. The third-order valence-corrected chi connectivity index (χ3v) is 7.12. The predicted molar refractivity (Wildman–Crippen MR) is 155 cm³/mol. The molecule has 2 aromatic carbocycles. The van der Waals surface area contributed by atoms with Crippen LogP contribution in [0.25, 0.3) is 0 Å². The molecule has 0 radical (unpaired) electrons. The summed E-state index contributed by atoms with van der Waals surface area (Å²) in [6.07, 6.45) is 12.9. The molecule has 0 saturated heterocycles. The van der Waals surface area contributed by atoms with Gasteiger partial charge in [-0.15, -0.1) is 0 Å². The maximum absolute atomic E-state index is 13.5. The molecule has 0 aromatic heterocycles. The fraction of sp³-hybridized carbons (Fsp3) is 0.606. The van der Waals surface area contributed by atoms with Crippen molar-refractivity contribution in [3.63, 3.8) is 0 Å². The molecule has 0 bridgehead atoms. The van der Waals surface area contributed by atoms with Crippen molar-refractivity contribution in [2.75, 3.05) is 14.1 Å². The highest BCUT2D eigenvalue weighted by molar-refractivity contribution is 5.74. The smallest absolute Gasteiger partial charge is 0.368 e. The van der Waals surface area contributed by atoms with E-state index >= 15 is 0 Å². The van der Waals surface area contributed by atoms with Crippen molar-refractivity contribution in [1.82, 2.24) is 0 Å². The average molecular weight is 511 g/mol. The molecule has 2 rings (SSSR count). The van der Waals surface area contributed by atoms with Crippen molar-refractivity contribution >= 4 is 5.97 Å². The molecule has 4 nitrogen and oxygen atoms in total. The second-order valence-electron chi connectivity index (χ2n) is 11.0. The van der Waals surface area contributed by atoms with Crippen LogP contribution in [0, 0.1) is 0 Å². The quantitative estimate of drug-likeness (QED) is 0.0823. The van der Waals surface area contributed by atoms with Gasteiger partial charge in [-0.05, 0) is 43.4 Å². The van der Waals surface area contributed by atoms with Crippen molar-refractivity contribution in [1.29, 1.82) is 0 Å². The van der Waals surface area contributed by atoms with Gasteiger partial charge in [-0.2, -0.15) is 0 Å². The van der Waals surface area contributed by atoms with E-state index in [0.717, 1.165) is 38.0 Å². The molecule has 0 amide bonds. The van der Waals surface area contributed by atoms with Gasteiger partial charge in [-0.25, -0.2) is 4.79 Å². The van der Waals surface area contributed by atoms with Crippen LogP contribution in [0.4, 0.5) is 0 Å². The molecule has 0 N–H and O–H groups in total. The fourth-order valence-electron chi connectivity index (χ4n) is 4.99. The SMILES string of the molecule is CCCCCCCCCc1cccc(OC(CCC)OC(=O)C(CCC)[N+](C)(C)Cc2ccccc2)c1. The number of carbonyl (C=O) groups is 1. The van der Waals surface area contributed by atoms with Crippen LogP contribution in [0.5, 0.6) is 5.75 Å². The normalized spacial score (nSPS) is 13.2. The fourth-order valence-corrected chi connectivity index (χ4v) is 4.99. The number of ether oxygens (including phenoxy) is 2. The molecule has 4 heteroatoms. The summed E-state index contributed by atoms with van der Waals surface area (Å²) in [7, 11) is 4.25. The van der Waals surface area contributed by atoms with Crippen LogP contribution in [0.15, 0.2) is 54.6 Å². The van der Waals surface area contributed by atoms with E-state index in [-0.39, 0.29) is 12.0 Å². The Morgan fingerprint density at radius 1 is 0.757 bits per heavy atom. The van der Waals surface area contributed by atoms with Crippen molar-refractivity contribution in [3.8, 4) is 5.75 Å². The van der Waals surface area contributed by atoms with Crippen LogP contribution in [0.1, 0.15) is 103 Å². The van der Waals surface area contributed by atoms with Gasteiger partial charge in [-0.1, -0.05) is 102 Å². The lowest BCUT2D eigenvalue weighted by molar-refractivity contribution is -0.920. The summed E-state index contributed by atoms with van der Waals surface area (Å²) in [5.41, 5.74) is 2.51. The number of benzene rings is 2. The molecular weight excluding hydrogens is 458 g/mol. The molecule has 0 fully saturated rings. The van der Waals surface area contributed by atoms with E-state index in [1.165, 1.54) is 56.1 Å². The number of hydrogen-bond donors (Lipinski definition) is 0. The van der Waals surface area contributed by atoms with Gasteiger partial charge in [0.15, 0.2) is 6.04 Å². The lowest BCUT2D eigenvalue weighted by atomic mass is 10.0. The highest BCUT2D eigenvalue weighted by Gasteiger charge is 2.37. The second-order valence-corrected chi connectivity index (χ2v) is 11.0. The summed E-state index contributed by atoms with van der Waals surface area (Å²) in [5.74, 6) is 0.622. The number of nitrogens with zero attached hydrogens (tertiary/aromatic N) is 1. The van der Waals surface area contributed by atoms with Crippen LogP contribution < -0.4 is 4.74 Å². The Balaban J connectivity index is 1.97. The Bertz CT molecular complexity index is 880. The summed E-state index contributed by atoms with van der Waals surface area (Å²) < 4.78 is 12.8. The van der Waals surface area contributed by atoms with E-state index in [1.807, 2.05) is 12.1 Å². The van der Waals surface area contributed by atoms with E-state index in [2.05, 4.69) is 77.3 Å². The van der Waals surface area contributed by atoms with E-state index in [9.17, 15) is 4.79 Å². The molecule has 0 saturated carbocycles. The van der Waals surface area contributed by atoms with Crippen LogP contribution in [0.3, 0.4) is 0 Å². The third-order valence-electron chi connectivity index (χ3n) is 7.12. The topological polar surface area (TPSA) is 35.5 Å². The van der Waals surface area contributed by atoms with Crippen LogP contribution >= 0.6 is 0 Å². The summed E-state index contributed by atoms with van der Waals surface area (Å²) in [5, 5.41) is 0. The van der Waals surface area contributed by atoms with E-state index in [0.29, 0.717) is 10.9 Å². The largest absolute Gasteiger partial charge is 0.455 e. The maximum Gasteiger partial charge on any atom is 0.368 e. The Hall–Kier alpha value is -2.33. The molecule has 0 aliphatic rings. The minimum absolute atomic E-state index is 0.166. The Labute approximate surface area is 227 Å². The van der Waals surface area contributed by atoms with Crippen LogP contribution in [-0.2, 0) is 22.5 Å².